The van der Waals surface area contributed by atoms with Gasteiger partial charge >= 0.3 is 11.9 Å². The van der Waals surface area contributed by atoms with Gasteiger partial charge in [0, 0.05) is 30.9 Å². The van der Waals surface area contributed by atoms with Crippen molar-refractivity contribution >= 4 is 36.3 Å². The minimum atomic E-state index is -0.665. The van der Waals surface area contributed by atoms with E-state index in [0.717, 1.165) is 22.4 Å². The van der Waals surface area contributed by atoms with E-state index in [1.807, 2.05) is 7.05 Å². The molecule has 2 aromatic carbocycles. The number of amidine groups is 1. The first kappa shape index (κ1) is 26.6. The van der Waals surface area contributed by atoms with Crippen molar-refractivity contribution in [1.29, 1.82) is 0 Å². The van der Waals surface area contributed by atoms with Crippen LogP contribution in [0.1, 0.15) is 63.9 Å². The van der Waals surface area contributed by atoms with Crippen LogP contribution in [-0.2, 0) is 16.0 Å². The van der Waals surface area contributed by atoms with Crippen LogP contribution in [0.5, 0.6) is 11.5 Å². The SMILES string of the molecule is C=N/C(=N\NC(=O)c1ccccc1OC(C)=O)c1c2c(nn1C(=O)c1ccccc1OC(C)=O)C1CC1(NC)C2. The van der Waals surface area contributed by atoms with Crippen molar-refractivity contribution in [3.8, 4) is 11.5 Å². The van der Waals surface area contributed by atoms with Crippen molar-refractivity contribution in [2.24, 2.45) is 10.1 Å². The molecular formula is C28H26N6O6. The molecule has 0 saturated heterocycles. The Hall–Kier alpha value is -4.97. The molecule has 3 aromatic rings. The summed E-state index contributed by atoms with van der Waals surface area (Å²) in [5, 5.41) is 12.2. The highest BCUT2D eigenvalue weighted by Crippen LogP contribution is 2.59. The Labute approximate surface area is 229 Å². The zero-order valence-corrected chi connectivity index (χ0v) is 22.1. The number of amides is 1. The predicted molar refractivity (Wildman–Crippen MR) is 144 cm³/mol. The van der Waals surface area contributed by atoms with Gasteiger partial charge in [0.1, 0.15) is 17.2 Å². The lowest BCUT2D eigenvalue weighted by molar-refractivity contribution is -0.132. The van der Waals surface area contributed by atoms with Crippen LogP contribution in [0.3, 0.4) is 0 Å². The molecular weight excluding hydrogens is 516 g/mol. The number of carbonyl (C=O) groups excluding carboxylic acids is 4. The third kappa shape index (κ3) is 4.69. The number of aliphatic imine (C=N–C) groups is 1. The molecule has 2 atom stereocenters. The van der Waals surface area contributed by atoms with Gasteiger partial charge in [-0.05, 0) is 50.9 Å². The van der Waals surface area contributed by atoms with Crippen LogP contribution < -0.4 is 20.2 Å². The fraction of sp³-hybridized carbons (Fsp3) is 0.250. The van der Waals surface area contributed by atoms with Gasteiger partial charge in [-0.15, -0.1) is 0 Å². The number of esters is 2. The third-order valence-corrected chi connectivity index (χ3v) is 6.98. The number of para-hydroxylation sites is 2. The number of nitrogens with zero attached hydrogens (tertiary/aromatic N) is 4. The molecule has 1 fully saturated rings. The number of aromatic nitrogens is 2. The van der Waals surface area contributed by atoms with Gasteiger partial charge in [-0.25, -0.2) is 10.4 Å². The van der Waals surface area contributed by atoms with Crippen LogP contribution in [0.15, 0.2) is 58.6 Å². The molecule has 2 N–H and O–H groups in total. The Kier molecular flexibility index (Phi) is 6.86. The second-order valence-corrected chi connectivity index (χ2v) is 9.48. The van der Waals surface area contributed by atoms with E-state index < -0.39 is 23.8 Å². The first-order chi connectivity index (χ1) is 19.2. The van der Waals surface area contributed by atoms with E-state index >= 15 is 0 Å². The summed E-state index contributed by atoms with van der Waals surface area (Å²) in [6.45, 7) is 6.08. The molecule has 2 unspecified atom stereocenters. The van der Waals surface area contributed by atoms with E-state index in [1.165, 1.54) is 38.1 Å². The Morgan fingerprint density at radius 1 is 1.00 bits per heavy atom. The van der Waals surface area contributed by atoms with Crippen LogP contribution in [0.25, 0.3) is 0 Å². The van der Waals surface area contributed by atoms with Crippen molar-refractivity contribution in [2.45, 2.75) is 38.1 Å². The molecule has 1 heterocycles. The largest absolute Gasteiger partial charge is 0.426 e. The number of nitrogens with one attached hydrogen (secondary N) is 2. The molecule has 12 heteroatoms. The topological polar surface area (TPSA) is 153 Å². The summed E-state index contributed by atoms with van der Waals surface area (Å²) >= 11 is 0. The highest BCUT2D eigenvalue weighted by molar-refractivity contribution is 6.08. The number of hydrogen-bond acceptors (Lipinski definition) is 9. The molecule has 2 aliphatic carbocycles. The van der Waals surface area contributed by atoms with Gasteiger partial charge < -0.3 is 14.8 Å². The Balaban J connectivity index is 1.55. The van der Waals surface area contributed by atoms with Gasteiger partial charge in [0.2, 0.25) is 0 Å². The lowest BCUT2D eigenvalue weighted by atomic mass is 10.1. The first-order valence-corrected chi connectivity index (χ1v) is 12.4. The molecule has 0 aliphatic heterocycles. The predicted octanol–water partition coefficient (Wildman–Crippen LogP) is 2.22. The van der Waals surface area contributed by atoms with Crippen LogP contribution >= 0.6 is 0 Å². The molecule has 0 radical (unpaired) electrons. The number of fused-ring (bicyclic) bond motifs is 3. The number of hydrazone groups is 1. The molecule has 1 aromatic heterocycles. The second kappa shape index (κ2) is 10.3. The monoisotopic (exact) mass is 542 g/mol. The fourth-order valence-electron chi connectivity index (χ4n) is 5.06. The number of hydrogen-bond donors (Lipinski definition) is 2. The van der Waals surface area contributed by atoms with Crippen molar-refractivity contribution in [1.82, 2.24) is 20.5 Å². The fourth-order valence-corrected chi connectivity index (χ4v) is 5.06. The van der Waals surface area contributed by atoms with Crippen LogP contribution in [0.4, 0.5) is 0 Å². The van der Waals surface area contributed by atoms with Gasteiger partial charge in [-0.2, -0.15) is 14.9 Å². The Morgan fingerprint density at radius 2 is 1.60 bits per heavy atom. The van der Waals surface area contributed by atoms with Crippen molar-refractivity contribution in [3.05, 3.63) is 76.6 Å². The summed E-state index contributed by atoms with van der Waals surface area (Å²) in [5.74, 6) is -2.19. The summed E-state index contributed by atoms with van der Waals surface area (Å²) in [6.07, 6.45) is 1.43. The quantitative estimate of drug-likeness (QED) is 0.152. The molecule has 5 rings (SSSR count). The summed E-state index contributed by atoms with van der Waals surface area (Å²) in [6, 6.07) is 12.5. The lowest BCUT2D eigenvalue weighted by Crippen LogP contribution is -2.30. The molecule has 40 heavy (non-hydrogen) atoms. The van der Waals surface area contributed by atoms with E-state index in [-0.39, 0.29) is 45.6 Å². The van der Waals surface area contributed by atoms with Crippen LogP contribution in [-0.4, -0.2) is 58.7 Å². The van der Waals surface area contributed by atoms with Gasteiger partial charge in [-0.1, -0.05) is 24.3 Å². The zero-order valence-electron chi connectivity index (χ0n) is 22.1. The van der Waals surface area contributed by atoms with E-state index in [9.17, 15) is 19.2 Å². The maximum absolute atomic E-state index is 13.8. The number of rotatable bonds is 7. The number of likely N-dealkylation sites (N-methyl/N-ethyl adjacent to an activating group) is 1. The van der Waals surface area contributed by atoms with Gasteiger partial charge in [0.15, 0.2) is 5.84 Å². The summed E-state index contributed by atoms with van der Waals surface area (Å²) in [4.78, 5) is 53.9. The molecule has 12 nitrogen and oxygen atoms in total. The molecule has 0 bridgehead atoms. The molecule has 0 spiro atoms. The van der Waals surface area contributed by atoms with E-state index in [1.54, 1.807) is 24.3 Å². The van der Waals surface area contributed by atoms with E-state index in [0.29, 0.717) is 6.42 Å². The molecule has 1 amide bonds. The normalized spacial score (nSPS) is 18.8. The maximum Gasteiger partial charge on any atom is 0.308 e. The number of benzene rings is 2. The third-order valence-electron chi connectivity index (χ3n) is 6.98. The average Bonchev–Trinajstić information content (AvgIpc) is 3.39. The van der Waals surface area contributed by atoms with E-state index in [2.05, 4.69) is 32.7 Å². The first-order valence-electron chi connectivity index (χ1n) is 12.4. The van der Waals surface area contributed by atoms with E-state index in [4.69, 9.17) is 9.47 Å². The number of ether oxygens (including phenoxy) is 2. The maximum atomic E-state index is 13.8. The standard InChI is InChI=1S/C28H26N6O6/c1-15(35)39-21-11-7-5-9-17(21)26(37)32-31-25(29-3)24-19-13-28(30-4)14-20(28)23(19)33-34(24)27(38)18-10-6-8-12-22(18)40-16(2)36/h5-12,20,30H,3,13-14H2,1-2,4H3,(H,32,37)/b31-25-. The van der Waals surface area contributed by atoms with Crippen molar-refractivity contribution in [3.63, 3.8) is 0 Å². The minimum Gasteiger partial charge on any atom is -0.426 e. The number of carbonyl (C=O) groups is 4. The van der Waals surface area contributed by atoms with Gasteiger partial charge in [-0.3, -0.25) is 19.2 Å². The Morgan fingerprint density at radius 3 is 2.20 bits per heavy atom. The Bertz CT molecular complexity index is 1610. The summed E-state index contributed by atoms with van der Waals surface area (Å²) < 4.78 is 11.5. The smallest absolute Gasteiger partial charge is 0.308 e. The second-order valence-electron chi connectivity index (χ2n) is 9.48. The zero-order chi connectivity index (χ0) is 28.6. The van der Waals surface area contributed by atoms with Gasteiger partial charge in [0.05, 0.1) is 16.8 Å². The minimum absolute atomic E-state index is 0.0436. The van der Waals surface area contributed by atoms with Crippen molar-refractivity contribution < 1.29 is 28.7 Å². The van der Waals surface area contributed by atoms with Crippen LogP contribution in [0, 0.1) is 0 Å². The highest BCUT2D eigenvalue weighted by Gasteiger charge is 2.62. The van der Waals surface area contributed by atoms with Gasteiger partial charge in [0.25, 0.3) is 11.8 Å². The van der Waals surface area contributed by atoms with Crippen LogP contribution in [0.2, 0.25) is 0 Å². The lowest BCUT2D eigenvalue weighted by Gasteiger charge is -2.14. The highest BCUT2D eigenvalue weighted by atomic mass is 16.5. The molecule has 2 aliphatic rings. The summed E-state index contributed by atoms with van der Waals surface area (Å²) in [5.41, 5.74) is 4.19. The van der Waals surface area contributed by atoms with Crippen molar-refractivity contribution in [2.75, 3.05) is 7.05 Å². The molecule has 1 saturated carbocycles. The summed E-state index contributed by atoms with van der Waals surface area (Å²) in [7, 11) is 1.88. The average molecular weight is 543 g/mol. The molecule has 204 valence electrons.